The van der Waals surface area contributed by atoms with Crippen molar-refractivity contribution in [2.45, 2.75) is 25.8 Å². The van der Waals surface area contributed by atoms with Crippen LogP contribution in [-0.2, 0) is 0 Å². The molecule has 0 spiro atoms. The first-order valence-electron chi connectivity index (χ1n) is 8.14. The summed E-state index contributed by atoms with van der Waals surface area (Å²) in [4.78, 5) is 31.8. The van der Waals surface area contributed by atoms with E-state index < -0.39 is 0 Å². The van der Waals surface area contributed by atoms with E-state index in [9.17, 15) is 4.79 Å². The van der Waals surface area contributed by atoms with Crippen LogP contribution in [0.2, 0.25) is 0 Å². The first-order chi connectivity index (χ1) is 12.0. The predicted octanol–water partition coefficient (Wildman–Crippen LogP) is 1.25. The second kappa shape index (κ2) is 7.70. The number of anilines is 3. The average Bonchev–Trinajstić information content (AvgIpc) is 3.22. The molecule has 0 atom stereocenters. The number of nitrogens with zero attached hydrogens (tertiary/aromatic N) is 5. The molecule has 10 heteroatoms. The Labute approximate surface area is 150 Å². The van der Waals surface area contributed by atoms with E-state index in [-0.39, 0.29) is 5.91 Å². The lowest BCUT2D eigenvalue weighted by Crippen LogP contribution is -2.24. The Kier molecular flexibility index (Phi) is 5.39. The van der Waals surface area contributed by atoms with Gasteiger partial charge in [0.1, 0.15) is 10.7 Å². The Morgan fingerprint density at radius 1 is 1.28 bits per heavy atom. The third-order valence-corrected chi connectivity index (χ3v) is 4.36. The number of carbonyl (C=O) groups excluding carboxylic acids is 1. The summed E-state index contributed by atoms with van der Waals surface area (Å²) in [5.74, 6) is 1.45. The highest BCUT2D eigenvalue weighted by Crippen LogP contribution is 2.24. The van der Waals surface area contributed by atoms with Crippen molar-refractivity contribution in [2.24, 2.45) is 0 Å². The fourth-order valence-electron chi connectivity index (χ4n) is 2.02. The molecule has 0 radical (unpaired) electrons. The summed E-state index contributed by atoms with van der Waals surface area (Å²) in [6, 6.07) is 0.327. The Balaban J connectivity index is 1.62. The Bertz CT molecular complexity index is 743. The van der Waals surface area contributed by atoms with E-state index in [2.05, 4.69) is 40.8 Å². The number of rotatable bonds is 8. The number of likely N-dealkylation sites (N-methyl/N-ethyl adjacent to an activating group) is 1. The maximum atomic E-state index is 12.0. The van der Waals surface area contributed by atoms with Crippen molar-refractivity contribution in [3.8, 4) is 0 Å². The molecule has 1 amide bonds. The summed E-state index contributed by atoms with van der Waals surface area (Å²) in [6.45, 7) is 3.42. The SMILES string of the molecule is Cc1nc(NCCN(C)C)nc(Nc2ncc(C(=O)NC3CC3)s2)n1. The largest absolute Gasteiger partial charge is 0.353 e. The van der Waals surface area contributed by atoms with Crippen molar-refractivity contribution >= 4 is 34.3 Å². The molecule has 3 N–H and O–H groups in total. The summed E-state index contributed by atoms with van der Waals surface area (Å²) in [5, 5.41) is 9.73. The summed E-state index contributed by atoms with van der Waals surface area (Å²) in [6.07, 6.45) is 3.68. The Morgan fingerprint density at radius 3 is 2.76 bits per heavy atom. The number of amides is 1. The molecule has 3 rings (SSSR count). The van der Waals surface area contributed by atoms with Gasteiger partial charge in [-0.05, 0) is 33.9 Å². The normalized spacial score (nSPS) is 13.8. The van der Waals surface area contributed by atoms with Crippen molar-refractivity contribution in [2.75, 3.05) is 37.8 Å². The zero-order valence-corrected chi connectivity index (χ0v) is 15.4. The Hall–Kier alpha value is -2.33. The first kappa shape index (κ1) is 17.5. The molecular weight excluding hydrogens is 340 g/mol. The van der Waals surface area contributed by atoms with Crippen LogP contribution in [0.5, 0.6) is 0 Å². The van der Waals surface area contributed by atoms with Gasteiger partial charge in [0.2, 0.25) is 11.9 Å². The second-order valence-corrected chi connectivity index (χ2v) is 7.19. The predicted molar refractivity (Wildman–Crippen MR) is 97.5 cm³/mol. The topological polar surface area (TPSA) is 108 Å². The zero-order chi connectivity index (χ0) is 17.8. The fourth-order valence-corrected chi connectivity index (χ4v) is 2.74. The number of nitrogens with one attached hydrogen (secondary N) is 3. The third-order valence-electron chi connectivity index (χ3n) is 3.45. The average molecular weight is 362 g/mol. The molecule has 2 aromatic heterocycles. The molecule has 1 aliphatic carbocycles. The molecule has 1 aliphatic rings. The number of hydrogen-bond donors (Lipinski definition) is 3. The lowest BCUT2D eigenvalue weighted by molar-refractivity contribution is 0.0955. The molecule has 0 bridgehead atoms. The molecule has 134 valence electrons. The molecule has 2 aromatic rings. The first-order valence-corrected chi connectivity index (χ1v) is 8.96. The van der Waals surface area contributed by atoms with Gasteiger partial charge in [0.15, 0.2) is 5.13 Å². The van der Waals surface area contributed by atoms with E-state index in [0.29, 0.717) is 33.8 Å². The lowest BCUT2D eigenvalue weighted by Gasteiger charge is -2.11. The number of aryl methyl sites for hydroxylation is 1. The molecule has 0 unspecified atom stereocenters. The summed E-state index contributed by atoms with van der Waals surface area (Å²) >= 11 is 1.28. The van der Waals surface area contributed by atoms with Crippen molar-refractivity contribution in [1.82, 2.24) is 30.2 Å². The van der Waals surface area contributed by atoms with Crippen LogP contribution in [0.25, 0.3) is 0 Å². The minimum Gasteiger partial charge on any atom is -0.353 e. The zero-order valence-electron chi connectivity index (χ0n) is 14.5. The second-order valence-electron chi connectivity index (χ2n) is 6.16. The van der Waals surface area contributed by atoms with E-state index >= 15 is 0 Å². The number of thiazole rings is 1. The highest BCUT2D eigenvalue weighted by atomic mass is 32.1. The van der Waals surface area contributed by atoms with Gasteiger partial charge in [-0.25, -0.2) is 4.98 Å². The number of hydrogen-bond acceptors (Lipinski definition) is 9. The van der Waals surface area contributed by atoms with Crippen LogP contribution < -0.4 is 16.0 Å². The van der Waals surface area contributed by atoms with Gasteiger partial charge in [-0.15, -0.1) is 0 Å². The molecular formula is C15H22N8OS. The van der Waals surface area contributed by atoms with Gasteiger partial charge in [-0.3, -0.25) is 10.1 Å². The van der Waals surface area contributed by atoms with Crippen molar-refractivity contribution in [1.29, 1.82) is 0 Å². The smallest absolute Gasteiger partial charge is 0.263 e. The van der Waals surface area contributed by atoms with Gasteiger partial charge in [0.05, 0.1) is 6.20 Å². The van der Waals surface area contributed by atoms with E-state index in [4.69, 9.17) is 0 Å². The van der Waals surface area contributed by atoms with Gasteiger partial charge >= 0.3 is 0 Å². The number of carbonyl (C=O) groups is 1. The van der Waals surface area contributed by atoms with Crippen LogP contribution in [0.4, 0.5) is 17.0 Å². The minimum atomic E-state index is -0.0779. The monoisotopic (exact) mass is 362 g/mol. The molecule has 0 aromatic carbocycles. The van der Waals surface area contributed by atoms with Crippen molar-refractivity contribution in [3.05, 3.63) is 16.9 Å². The van der Waals surface area contributed by atoms with Crippen LogP contribution in [0.1, 0.15) is 28.3 Å². The van der Waals surface area contributed by atoms with Crippen LogP contribution in [0, 0.1) is 6.92 Å². The highest BCUT2D eigenvalue weighted by Gasteiger charge is 2.24. The highest BCUT2D eigenvalue weighted by molar-refractivity contribution is 7.17. The van der Waals surface area contributed by atoms with E-state index in [1.54, 1.807) is 13.1 Å². The van der Waals surface area contributed by atoms with Crippen molar-refractivity contribution < 1.29 is 4.79 Å². The van der Waals surface area contributed by atoms with Crippen LogP contribution in [0.15, 0.2) is 6.20 Å². The van der Waals surface area contributed by atoms with Gasteiger partial charge in [-0.2, -0.15) is 15.0 Å². The van der Waals surface area contributed by atoms with Crippen LogP contribution >= 0.6 is 11.3 Å². The molecule has 25 heavy (non-hydrogen) atoms. The summed E-state index contributed by atoms with van der Waals surface area (Å²) in [7, 11) is 4.01. The maximum Gasteiger partial charge on any atom is 0.263 e. The van der Waals surface area contributed by atoms with E-state index in [0.717, 1.165) is 25.9 Å². The third kappa shape index (κ3) is 5.33. The number of aromatic nitrogens is 4. The molecule has 1 fully saturated rings. The van der Waals surface area contributed by atoms with Crippen LogP contribution in [-0.4, -0.2) is 64.0 Å². The Morgan fingerprint density at radius 2 is 2.04 bits per heavy atom. The summed E-state index contributed by atoms with van der Waals surface area (Å²) in [5.41, 5.74) is 0. The summed E-state index contributed by atoms with van der Waals surface area (Å²) < 4.78 is 0. The van der Waals surface area contributed by atoms with Gasteiger partial charge < -0.3 is 15.5 Å². The fraction of sp³-hybridized carbons (Fsp3) is 0.533. The van der Waals surface area contributed by atoms with E-state index in [1.807, 2.05) is 14.1 Å². The minimum absolute atomic E-state index is 0.0779. The molecule has 1 saturated carbocycles. The van der Waals surface area contributed by atoms with Gasteiger partial charge in [0.25, 0.3) is 5.91 Å². The van der Waals surface area contributed by atoms with Crippen molar-refractivity contribution in [3.63, 3.8) is 0 Å². The molecule has 0 saturated heterocycles. The molecule has 2 heterocycles. The standard InChI is InChI=1S/C15H22N8OS/c1-9-18-13(16-6-7-23(2)3)21-14(19-9)22-15-17-8-11(25-15)12(24)20-10-4-5-10/h8,10H,4-7H2,1-3H3,(H,20,24)(H2,16,17,18,19,21,22). The van der Waals surface area contributed by atoms with Crippen LogP contribution in [0.3, 0.4) is 0 Å². The quantitative estimate of drug-likeness (QED) is 0.644. The molecule has 0 aliphatic heterocycles. The van der Waals surface area contributed by atoms with Gasteiger partial charge in [-0.1, -0.05) is 11.3 Å². The van der Waals surface area contributed by atoms with E-state index in [1.165, 1.54) is 11.3 Å². The lowest BCUT2D eigenvalue weighted by atomic mass is 10.5. The van der Waals surface area contributed by atoms with Gasteiger partial charge in [0, 0.05) is 19.1 Å². The molecule has 9 nitrogen and oxygen atoms in total. The maximum absolute atomic E-state index is 12.0.